The third kappa shape index (κ3) is 3.16. The van der Waals surface area contributed by atoms with Gasteiger partial charge in [0.2, 0.25) is 5.88 Å². The molecule has 27 heavy (non-hydrogen) atoms. The van der Waals surface area contributed by atoms with E-state index in [9.17, 15) is 0 Å². The number of hydrogen-bond donors (Lipinski definition) is 1. The van der Waals surface area contributed by atoms with Crippen molar-refractivity contribution in [3.05, 3.63) is 30.7 Å². The highest BCUT2D eigenvalue weighted by atomic mass is 16.5. The number of nitrogens with zero attached hydrogens (tertiary/aromatic N) is 5. The van der Waals surface area contributed by atoms with Gasteiger partial charge in [-0.2, -0.15) is 5.10 Å². The fraction of sp³-hybridized carbons (Fsp3) is 0.421. The van der Waals surface area contributed by atoms with Crippen LogP contribution in [0.15, 0.2) is 30.7 Å². The predicted molar refractivity (Wildman–Crippen MR) is 102 cm³/mol. The van der Waals surface area contributed by atoms with Crippen LogP contribution in [-0.2, 0) is 0 Å². The van der Waals surface area contributed by atoms with Gasteiger partial charge in [0.15, 0.2) is 5.65 Å². The van der Waals surface area contributed by atoms with E-state index in [0.29, 0.717) is 11.6 Å². The van der Waals surface area contributed by atoms with Crippen molar-refractivity contribution in [2.24, 2.45) is 0 Å². The Morgan fingerprint density at radius 1 is 1.15 bits per heavy atom. The SMILES string of the molecule is COc1cnc(OC2CC2)c(-c2cnn3ccc(N4CCNCC4)nc23)c1. The minimum absolute atomic E-state index is 0.260. The zero-order chi connectivity index (χ0) is 18.2. The number of piperazine rings is 1. The van der Waals surface area contributed by atoms with Crippen molar-refractivity contribution in [1.29, 1.82) is 0 Å². The normalized spacial score (nSPS) is 17.3. The van der Waals surface area contributed by atoms with Crippen molar-refractivity contribution in [1.82, 2.24) is 24.9 Å². The van der Waals surface area contributed by atoms with Gasteiger partial charge in [-0.05, 0) is 25.0 Å². The van der Waals surface area contributed by atoms with Gasteiger partial charge < -0.3 is 19.7 Å². The lowest BCUT2D eigenvalue weighted by molar-refractivity contribution is 0.291. The molecule has 140 valence electrons. The molecule has 0 unspecified atom stereocenters. The fourth-order valence-electron chi connectivity index (χ4n) is 3.29. The maximum atomic E-state index is 6.03. The van der Waals surface area contributed by atoms with E-state index in [4.69, 9.17) is 14.5 Å². The lowest BCUT2D eigenvalue weighted by atomic mass is 10.1. The Morgan fingerprint density at radius 2 is 2.00 bits per heavy atom. The van der Waals surface area contributed by atoms with Crippen molar-refractivity contribution in [3.8, 4) is 22.8 Å². The summed E-state index contributed by atoms with van der Waals surface area (Å²) >= 11 is 0. The minimum atomic E-state index is 0.260. The van der Waals surface area contributed by atoms with Crippen LogP contribution in [-0.4, -0.2) is 59.0 Å². The van der Waals surface area contributed by atoms with Crippen LogP contribution in [0.5, 0.6) is 11.6 Å². The summed E-state index contributed by atoms with van der Waals surface area (Å²) in [6.45, 7) is 3.84. The van der Waals surface area contributed by atoms with Crippen LogP contribution in [0.2, 0.25) is 0 Å². The quantitative estimate of drug-likeness (QED) is 0.737. The molecule has 2 aliphatic rings. The van der Waals surface area contributed by atoms with Gasteiger partial charge in [0.05, 0.1) is 30.6 Å². The van der Waals surface area contributed by atoms with Crippen LogP contribution in [0, 0.1) is 0 Å². The van der Waals surface area contributed by atoms with Crippen LogP contribution < -0.4 is 19.7 Å². The largest absolute Gasteiger partial charge is 0.495 e. The number of rotatable bonds is 5. The van der Waals surface area contributed by atoms with Gasteiger partial charge in [0.25, 0.3) is 0 Å². The number of nitrogens with one attached hydrogen (secondary N) is 1. The molecule has 1 aliphatic carbocycles. The zero-order valence-electron chi connectivity index (χ0n) is 15.3. The van der Waals surface area contributed by atoms with Crippen LogP contribution >= 0.6 is 0 Å². The van der Waals surface area contributed by atoms with Crippen LogP contribution in [0.3, 0.4) is 0 Å². The van der Waals surface area contributed by atoms with Crippen LogP contribution in [0.1, 0.15) is 12.8 Å². The standard InChI is InChI=1S/C19H22N6O2/c1-26-14-10-15(19(21-11-14)27-13-2-3-13)16-12-22-25-7-4-17(23-18(16)25)24-8-5-20-6-9-24/h4,7,10-13,20H,2-3,5-6,8-9H2,1H3. The first-order valence-corrected chi connectivity index (χ1v) is 9.33. The Balaban J connectivity index is 1.59. The third-order valence-corrected chi connectivity index (χ3v) is 4.95. The first-order valence-electron chi connectivity index (χ1n) is 9.33. The van der Waals surface area contributed by atoms with Gasteiger partial charge in [-0.1, -0.05) is 0 Å². The first kappa shape index (κ1) is 16.3. The molecule has 0 spiro atoms. The fourth-order valence-corrected chi connectivity index (χ4v) is 3.29. The Kier molecular flexibility index (Phi) is 4.05. The minimum Gasteiger partial charge on any atom is -0.495 e. The Bertz CT molecular complexity index is 962. The van der Waals surface area contributed by atoms with Crippen molar-refractivity contribution in [2.75, 3.05) is 38.2 Å². The molecule has 1 saturated carbocycles. The molecule has 0 bridgehead atoms. The average molecular weight is 366 g/mol. The van der Waals surface area contributed by atoms with Crippen molar-refractivity contribution in [2.45, 2.75) is 18.9 Å². The van der Waals surface area contributed by atoms with E-state index in [1.807, 2.05) is 24.5 Å². The lowest BCUT2D eigenvalue weighted by Crippen LogP contribution is -2.43. The predicted octanol–water partition coefficient (Wildman–Crippen LogP) is 1.75. The van der Waals surface area contributed by atoms with Crippen molar-refractivity contribution >= 4 is 11.5 Å². The highest BCUT2D eigenvalue weighted by Crippen LogP contribution is 2.37. The number of pyridine rings is 1. The number of anilines is 1. The van der Waals surface area contributed by atoms with E-state index in [2.05, 4.69) is 20.3 Å². The lowest BCUT2D eigenvalue weighted by Gasteiger charge is -2.28. The molecule has 1 saturated heterocycles. The van der Waals surface area contributed by atoms with Crippen LogP contribution in [0.25, 0.3) is 16.8 Å². The van der Waals surface area contributed by atoms with Gasteiger partial charge in [0, 0.05) is 32.4 Å². The van der Waals surface area contributed by atoms with Gasteiger partial charge in [0.1, 0.15) is 17.7 Å². The Hall–Kier alpha value is -2.87. The maximum absolute atomic E-state index is 6.03. The second-order valence-corrected chi connectivity index (χ2v) is 6.89. The number of ether oxygens (including phenoxy) is 2. The molecular formula is C19H22N6O2. The van der Waals surface area contributed by atoms with Gasteiger partial charge in [-0.3, -0.25) is 0 Å². The first-order chi connectivity index (χ1) is 13.3. The monoisotopic (exact) mass is 366 g/mol. The Morgan fingerprint density at radius 3 is 2.78 bits per heavy atom. The van der Waals surface area contributed by atoms with Crippen molar-refractivity contribution in [3.63, 3.8) is 0 Å². The molecule has 4 heterocycles. The molecule has 1 aliphatic heterocycles. The molecule has 0 radical (unpaired) electrons. The molecule has 3 aromatic heterocycles. The molecule has 0 atom stereocenters. The van der Waals surface area contributed by atoms with Gasteiger partial charge in [-0.15, -0.1) is 0 Å². The number of methoxy groups -OCH3 is 1. The van der Waals surface area contributed by atoms with Crippen molar-refractivity contribution < 1.29 is 9.47 Å². The van der Waals surface area contributed by atoms with Gasteiger partial charge in [-0.25, -0.2) is 14.5 Å². The molecule has 8 nitrogen and oxygen atoms in total. The smallest absolute Gasteiger partial charge is 0.222 e. The second kappa shape index (κ2) is 6.70. The molecular weight excluding hydrogens is 344 g/mol. The van der Waals surface area contributed by atoms with E-state index in [-0.39, 0.29) is 6.10 Å². The molecule has 0 aromatic carbocycles. The summed E-state index contributed by atoms with van der Waals surface area (Å²) in [4.78, 5) is 11.7. The Labute approximate surface area is 157 Å². The van der Waals surface area contributed by atoms with E-state index in [1.54, 1.807) is 17.8 Å². The topological polar surface area (TPSA) is 76.8 Å². The molecule has 2 fully saturated rings. The number of aromatic nitrogens is 4. The zero-order valence-corrected chi connectivity index (χ0v) is 15.3. The number of hydrogen-bond acceptors (Lipinski definition) is 7. The summed E-state index contributed by atoms with van der Waals surface area (Å²) in [7, 11) is 1.64. The third-order valence-electron chi connectivity index (χ3n) is 4.95. The average Bonchev–Trinajstić information content (AvgIpc) is 3.45. The highest BCUT2D eigenvalue weighted by molar-refractivity contribution is 5.81. The summed E-state index contributed by atoms with van der Waals surface area (Å²) in [5.41, 5.74) is 2.55. The summed E-state index contributed by atoms with van der Waals surface area (Å²) in [6, 6.07) is 3.96. The van der Waals surface area contributed by atoms with E-state index in [0.717, 1.165) is 61.6 Å². The maximum Gasteiger partial charge on any atom is 0.222 e. The molecule has 1 N–H and O–H groups in total. The molecule has 3 aromatic rings. The summed E-state index contributed by atoms with van der Waals surface area (Å²) in [5.74, 6) is 2.26. The molecule has 8 heteroatoms. The number of fused-ring (bicyclic) bond motifs is 1. The summed E-state index contributed by atoms with van der Waals surface area (Å²) in [6.07, 6.45) is 7.88. The summed E-state index contributed by atoms with van der Waals surface area (Å²) < 4.78 is 13.2. The highest BCUT2D eigenvalue weighted by Gasteiger charge is 2.27. The summed E-state index contributed by atoms with van der Waals surface area (Å²) in [5, 5.41) is 7.84. The molecule has 0 amide bonds. The van der Waals surface area contributed by atoms with E-state index in [1.165, 1.54) is 0 Å². The van der Waals surface area contributed by atoms with Gasteiger partial charge >= 0.3 is 0 Å². The van der Waals surface area contributed by atoms with E-state index >= 15 is 0 Å². The molecule has 5 rings (SSSR count). The van der Waals surface area contributed by atoms with E-state index < -0.39 is 0 Å². The van der Waals surface area contributed by atoms with Crippen LogP contribution in [0.4, 0.5) is 5.82 Å². The second-order valence-electron chi connectivity index (χ2n) is 6.89.